The zero-order valence-electron chi connectivity index (χ0n) is 12.3. The molecule has 1 aromatic rings. The third-order valence-electron chi connectivity index (χ3n) is 4.82. The Hall–Kier alpha value is -1.22. The summed E-state index contributed by atoms with van der Waals surface area (Å²) in [5.74, 6) is 1.88. The summed E-state index contributed by atoms with van der Waals surface area (Å²) >= 11 is 0. The Bertz CT molecular complexity index is 435. The van der Waals surface area contributed by atoms with Crippen LogP contribution in [0.3, 0.4) is 0 Å². The number of likely N-dealkylation sites (tertiary alicyclic amines) is 1. The van der Waals surface area contributed by atoms with Crippen molar-refractivity contribution in [1.29, 1.82) is 0 Å². The fourth-order valence-corrected chi connectivity index (χ4v) is 3.90. The molecule has 1 aliphatic heterocycles. The molecule has 3 nitrogen and oxygen atoms in total. The van der Waals surface area contributed by atoms with E-state index in [0.717, 1.165) is 36.4 Å². The van der Waals surface area contributed by atoms with Crippen LogP contribution in [0.5, 0.6) is 5.75 Å². The van der Waals surface area contributed by atoms with Crippen molar-refractivity contribution in [3.63, 3.8) is 0 Å². The number of hydrogen-bond donors (Lipinski definition) is 1. The van der Waals surface area contributed by atoms with Gasteiger partial charge in [0.05, 0.1) is 6.61 Å². The molecule has 0 spiro atoms. The van der Waals surface area contributed by atoms with Crippen LogP contribution in [0.1, 0.15) is 38.5 Å². The number of rotatable bonds is 5. The second-order valence-corrected chi connectivity index (χ2v) is 6.21. The normalized spacial score (nSPS) is 26.4. The fraction of sp³-hybridized carbons (Fsp3) is 0.647. The molecule has 1 aliphatic carbocycles. The van der Waals surface area contributed by atoms with Gasteiger partial charge in [-0.1, -0.05) is 12.5 Å². The van der Waals surface area contributed by atoms with Gasteiger partial charge in [0, 0.05) is 24.3 Å². The van der Waals surface area contributed by atoms with Crippen molar-refractivity contribution in [2.75, 3.05) is 25.4 Å². The van der Waals surface area contributed by atoms with E-state index in [4.69, 9.17) is 10.5 Å². The van der Waals surface area contributed by atoms with Crippen LogP contribution < -0.4 is 10.5 Å². The molecule has 0 bridgehead atoms. The molecule has 2 N–H and O–H groups in total. The Balaban J connectivity index is 1.41. The van der Waals surface area contributed by atoms with Gasteiger partial charge in [0.1, 0.15) is 5.75 Å². The molecule has 110 valence electrons. The second kappa shape index (κ2) is 6.49. The lowest BCUT2D eigenvalue weighted by molar-refractivity contribution is 0.106. The Morgan fingerprint density at radius 1 is 1.20 bits per heavy atom. The molecule has 2 unspecified atom stereocenters. The van der Waals surface area contributed by atoms with E-state index in [9.17, 15) is 0 Å². The predicted molar refractivity (Wildman–Crippen MR) is 82.9 cm³/mol. The SMILES string of the molecule is Nc1cccc(OCCCN2CCCC3CCCC32)c1. The lowest BCUT2D eigenvalue weighted by Gasteiger charge is -2.37. The van der Waals surface area contributed by atoms with E-state index < -0.39 is 0 Å². The number of ether oxygens (including phenoxy) is 1. The van der Waals surface area contributed by atoms with Gasteiger partial charge in [-0.2, -0.15) is 0 Å². The first-order valence-corrected chi connectivity index (χ1v) is 8.05. The lowest BCUT2D eigenvalue weighted by atomic mass is 9.92. The topological polar surface area (TPSA) is 38.5 Å². The zero-order chi connectivity index (χ0) is 13.8. The minimum atomic E-state index is 0.771. The van der Waals surface area contributed by atoms with Gasteiger partial charge in [-0.3, -0.25) is 4.90 Å². The van der Waals surface area contributed by atoms with Crippen molar-refractivity contribution in [3.05, 3.63) is 24.3 Å². The van der Waals surface area contributed by atoms with E-state index in [0.29, 0.717) is 0 Å². The minimum absolute atomic E-state index is 0.771. The summed E-state index contributed by atoms with van der Waals surface area (Å²) in [6.07, 6.45) is 8.27. The third-order valence-corrected chi connectivity index (χ3v) is 4.82. The smallest absolute Gasteiger partial charge is 0.121 e. The van der Waals surface area contributed by atoms with Crippen LogP contribution in [-0.4, -0.2) is 30.6 Å². The standard InChI is InChI=1S/C17H26N2O/c18-15-7-2-8-16(13-15)20-12-4-11-19-10-3-6-14-5-1-9-17(14)19/h2,7-8,13-14,17H,1,3-6,9-12,18H2. The number of fused-ring (bicyclic) bond motifs is 1. The molecule has 0 amide bonds. The summed E-state index contributed by atoms with van der Waals surface area (Å²) in [6, 6.07) is 8.58. The number of piperidine rings is 1. The molecule has 0 aromatic heterocycles. The van der Waals surface area contributed by atoms with E-state index in [-0.39, 0.29) is 0 Å². The van der Waals surface area contributed by atoms with Crippen molar-refractivity contribution in [2.24, 2.45) is 5.92 Å². The monoisotopic (exact) mass is 274 g/mol. The average Bonchev–Trinajstić information content (AvgIpc) is 2.93. The van der Waals surface area contributed by atoms with Crippen LogP contribution in [-0.2, 0) is 0 Å². The molecule has 1 heterocycles. The number of hydrogen-bond acceptors (Lipinski definition) is 3. The maximum Gasteiger partial charge on any atom is 0.121 e. The molecule has 2 atom stereocenters. The first kappa shape index (κ1) is 13.7. The third kappa shape index (κ3) is 3.26. The van der Waals surface area contributed by atoms with E-state index in [1.54, 1.807) is 0 Å². The molecule has 3 rings (SSSR count). The Labute approximate surface area is 122 Å². The summed E-state index contributed by atoms with van der Waals surface area (Å²) in [5, 5.41) is 0. The van der Waals surface area contributed by atoms with E-state index in [1.165, 1.54) is 45.2 Å². The minimum Gasteiger partial charge on any atom is -0.493 e. The summed E-state index contributed by atoms with van der Waals surface area (Å²) in [4.78, 5) is 2.71. The Kier molecular flexibility index (Phi) is 4.46. The van der Waals surface area contributed by atoms with Crippen LogP contribution in [0, 0.1) is 5.92 Å². The van der Waals surface area contributed by atoms with Gasteiger partial charge in [-0.25, -0.2) is 0 Å². The van der Waals surface area contributed by atoms with Crippen molar-refractivity contribution >= 4 is 5.69 Å². The molecule has 1 saturated carbocycles. The molecular formula is C17H26N2O. The number of nitrogen functional groups attached to an aromatic ring is 1. The molecule has 3 heteroatoms. The largest absolute Gasteiger partial charge is 0.493 e. The van der Waals surface area contributed by atoms with Gasteiger partial charge in [0.2, 0.25) is 0 Å². The maximum atomic E-state index is 5.78. The molecule has 20 heavy (non-hydrogen) atoms. The van der Waals surface area contributed by atoms with Gasteiger partial charge >= 0.3 is 0 Å². The van der Waals surface area contributed by atoms with Gasteiger partial charge in [-0.05, 0) is 56.7 Å². The second-order valence-electron chi connectivity index (χ2n) is 6.21. The van der Waals surface area contributed by atoms with Gasteiger partial charge in [0.15, 0.2) is 0 Å². The average molecular weight is 274 g/mol. The highest BCUT2D eigenvalue weighted by Gasteiger charge is 2.34. The van der Waals surface area contributed by atoms with Crippen molar-refractivity contribution in [1.82, 2.24) is 4.90 Å². The molecule has 2 fully saturated rings. The molecule has 2 aliphatic rings. The highest BCUT2D eigenvalue weighted by atomic mass is 16.5. The van der Waals surface area contributed by atoms with Crippen LogP contribution >= 0.6 is 0 Å². The van der Waals surface area contributed by atoms with Crippen molar-refractivity contribution < 1.29 is 4.74 Å². The van der Waals surface area contributed by atoms with Gasteiger partial charge < -0.3 is 10.5 Å². The quantitative estimate of drug-likeness (QED) is 0.661. The van der Waals surface area contributed by atoms with E-state index in [1.807, 2.05) is 24.3 Å². The number of benzene rings is 1. The molecular weight excluding hydrogens is 248 g/mol. The van der Waals surface area contributed by atoms with Crippen molar-refractivity contribution in [2.45, 2.75) is 44.6 Å². The molecule has 1 aromatic carbocycles. The number of nitrogens with two attached hydrogens (primary N) is 1. The Morgan fingerprint density at radius 3 is 3.00 bits per heavy atom. The Morgan fingerprint density at radius 2 is 2.10 bits per heavy atom. The first-order chi connectivity index (χ1) is 9.83. The number of nitrogens with zero attached hydrogens (tertiary/aromatic N) is 1. The highest BCUT2D eigenvalue weighted by molar-refractivity contribution is 5.43. The van der Waals surface area contributed by atoms with E-state index >= 15 is 0 Å². The summed E-state index contributed by atoms with van der Waals surface area (Å²) in [5.41, 5.74) is 6.52. The van der Waals surface area contributed by atoms with Crippen LogP contribution in [0.4, 0.5) is 5.69 Å². The first-order valence-electron chi connectivity index (χ1n) is 8.05. The van der Waals surface area contributed by atoms with Gasteiger partial charge in [-0.15, -0.1) is 0 Å². The summed E-state index contributed by atoms with van der Waals surface area (Å²) in [7, 11) is 0. The summed E-state index contributed by atoms with van der Waals surface area (Å²) < 4.78 is 5.78. The molecule has 1 saturated heterocycles. The lowest BCUT2D eigenvalue weighted by Crippen LogP contribution is -2.43. The molecule has 0 radical (unpaired) electrons. The number of anilines is 1. The van der Waals surface area contributed by atoms with Crippen molar-refractivity contribution in [3.8, 4) is 5.75 Å². The maximum absolute atomic E-state index is 5.78. The van der Waals surface area contributed by atoms with E-state index in [2.05, 4.69) is 4.90 Å². The highest BCUT2D eigenvalue weighted by Crippen LogP contribution is 2.36. The van der Waals surface area contributed by atoms with Crippen LogP contribution in [0.2, 0.25) is 0 Å². The predicted octanol–water partition coefficient (Wildman–Crippen LogP) is 3.30. The summed E-state index contributed by atoms with van der Waals surface area (Å²) in [6.45, 7) is 3.26. The fourth-order valence-electron chi connectivity index (χ4n) is 3.90. The van der Waals surface area contributed by atoms with Crippen LogP contribution in [0.25, 0.3) is 0 Å². The van der Waals surface area contributed by atoms with Gasteiger partial charge in [0.25, 0.3) is 0 Å². The zero-order valence-corrected chi connectivity index (χ0v) is 12.3. The van der Waals surface area contributed by atoms with Crippen LogP contribution in [0.15, 0.2) is 24.3 Å².